The van der Waals surface area contributed by atoms with Crippen LogP contribution in [0.5, 0.6) is 0 Å². The van der Waals surface area contributed by atoms with Crippen LogP contribution in [0, 0.1) is 5.92 Å². The number of aromatic amines is 2. The Morgan fingerprint density at radius 2 is 2.35 bits per heavy atom. The zero-order valence-corrected chi connectivity index (χ0v) is 9.90. The average molecular weight is 238 g/mol. The van der Waals surface area contributed by atoms with Gasteiger partial charge in [0, 0.05) is 19.3 Å². The van der Waals surface area contributed by atoms with Gasteiger partial charge < -0.3 is 20.6 Å². The molecule has 1 amide bonds. The van der Waals surface area contributed by atoms with E-state index in [9.17, 15) is 9.59 Å². The highest BCUT2D eigenvalue weighted by Crippen LogP contribution is 2.28. The van der Waals surface area contributed by atoms with E-state index < -0.39 is 0 Å². The lowest BCUT2D eigenvalue weighted by molar-refractivity contribution is 0.0694. The number of carbonyl (C=O) groups is 1. The van der Waals surface area contributed by atoms with E-state index in [0.29, 0.717) is 18.2 Å². The van der Waals surface area contributed by atoms with Crippen LogP contribution >= 0.6 is 0 Å². The summed E-state index contributed by atoms with van der Waals surface area (Å²) in [4.78, 5) is 29.7. The van der Waals surface area contributed by atoms with Gasteiger partial charge in [-0.05, 0) is 25.3 Å². The smallest absolute Gasteiger partial charge is 0.323 e. The summed E-state index contributed by atoms with van der Waals surface area (Å²) in [6.45, 7) is 0.603. The predicted molar refractivity (Wildman–Crippen MR) is 63.7 cm³/mol. The predicted octanol–water partition coefficient (Wildman–Crippen LogP) is -0.0976. The summed E-state index contributed by atoms with van der Waals surface area (Å²) in [6.07, 6.45) is 4.57. The number of aromatic nitrogens is 2. The Bertz CT molecular complexity index is 450. The van der Waals surface area contributed by atoms with Gasteiger partial charge in [-0.1, -0.05) is 6.42 Å². The summed E-state index contributed by atoms with van der Waals surface area (Å²) in [5.41, 5.74) is 5.65. The second-order valence-electron chi connectivity index (χ2n) is 4.57. The molecular formula is C11H18N4O2. The third kappa shape index (κ3) is 2.26. The molecule has 94 valence electrons. The van der Waals surface area contributed by atoms with Crippen LogP contribution in [0.15, 0.2) is 11.0 Å². The van der Waals surface area contributed by atoms with Crippen LogP contribution in [0.3, 0.4) is 0 Å². The van der Waals surface area contributed by atoms with Gasteiger partial charge in [0.15, 0.2) is 0 Å². The minimum absolute atomic E-state index is 0.159. The van der Waals surface area contributed by atoms with Crippen LogP contribution in [0.1, 0.15) is 29.8 Å². The number of nitrogens with two attached hydrogens (primary N) is 1. The lowest BCUT2D eigenvalue weighted by atomic mass is 10.0. The van der Waals surface area contributed by atoms with Gasteiger partial charge in [-0.3, -0.25) is 4.79 Å². The van der Waals surface area contributed by atoms with Crippen LogP contribution in [0.2, 0.25) is 0 Å². The Morgan fingerprint density at radius 3 is 2.94 bits per heavy atom. The molecule has 6 heteroatoms. The summed E-state index contributed by atoms with van der Waals surface area (Å²) < 4.78 is 0. The molecule has 1 fully saturated rings. The maximum absolute atomic E-state index is 12.1. The summed E-state index contributed by atoms with van der Waals surface area (Å²) in [6, 6.07) is 0.186. The summed E-state index contributed by atoms with van der Waals surface area (Å²) in [5, 5.41) is 0. The normalized spacial score (nSPS) is 23.9. The van der Waals surface area contributed by atoms with Gasteiger partial charge in [0.2, 0.25) is 0 Å². The van der Waals surface area contributed by atoms with Crippen molar-refractivity contribution in [2.75, 3.05) is 13.6 Å². The van der Waals surface area contributed by atoms with E-state index in [4.69, 9.17) is 5.73 Å². The summed E-state index contributed by atoms with van der Waals surface area (Å²) >= 11 is 0. The van der Waals surface area contributed by atoms with Gasteiger partial charge in [0.05, 0.1) is 0 Å². The van der Waals surface area contributed by atoms with Gasteiger partial charge in [0.1, 0.15) is 5.69 Å². The first-order chi connectivity index (χ1) is 8.13. The molecule has 0 saturated heterocycles. The zero-order valence-electron chi connectivity index (χ0n) is 9.90. The molecule has 0 radical (unpaired) electrons. The maximum Gasteiger partial charge on any atom is 0.323 e. The van der Waals surface area contributed by atoms with Crippen molar-refractivity contribution in [2.45, 2.75) is 25.3 Å². The van der Waals surface area contributed by atoms with Crippen LogP contribution in [0.25, 0.3) is 0 Å². The fourth-order valence-corrected chi connectivity index (χ4v) is 2.59. The Labute approximate surface area is 99.2 Å². The molecule has 1 aliphatic carbocycles. The van der Waals surface area contributed by atoms with Crippen molar-refractivity contribution in [3.05, 3.63) is 22.4 Å². The molecule has 0 aliphatic heterocycles. The molecule has 0 spiro atoms. The molecule has 1 heterocycles. The molecule has 1 saturated carbocycles. The highest BCUT2D eigenvalue weighted by Gasteiger charge is 2.32. The largest absolute Gasteiger partial charge is 0.337 e. The Hall–Kier alpha value is -1.56. The van der Waals surface area contributed by atoms with E-state index >= 15 is 0 Å². The number of amides is 1. The monoisotopic (exact) mass is 238 g/mol. The third-order valence-corrected chi connectivity index (χ3v) is 3.57. The van der Waals surface area contributed by atoms with E-state index in [1.807, 2.05) is 0 Å². The second kappa shape index (κ2) is 4.75. The van der Waals surface area contributed by atoms with Gasteiger partial charge in [-0.25, -0.2) is 4.79 Å². The van der Waals surface area contributed by atoms with Crippen LogP contribution in [-0.2, 0) is 0 Å². The SMILES string of the molecule is CN(C(=O)c1c[nH]c(=O)[nH]1)C1CCCC1CN. The molecule has 1 aromatic rings. The van der Waals surface area contributed by atoms with Gasteiger partial charge in [-0.15, -0.1) is 0 Å². The molecule has 0 bridgehead atoms. The molecule has 17 heavy (non-hydrogen) atoms. The summed E-state index contributed by atoms with van der Waals surface area (Å²) in [5.74, 6) is 0.211. The minimum atomic E-state index is -0.358. The number of imidazole rings is 1. The van der Waals surface area contributed by atoms with Crippen molar-refractivity contribution >= 4 is 5.91 Å². The first-order valence-electron chi connectivity index (χ1n) is 5.88. The highest BCUT2D eigenvalue weighted by atomic mass is 16.2. The fraction of sp³-hybridized carbons (Fsp3) is 0.636. The highest BCUT2D eigenvalue weighted by molar-refractivity contribution is 5.92. The molecule has 1 aliphatic rings. The summed E-state index contributed by atoms with van der Waals surface area (Å²) in [7, 11) is 1.77. The zero-order chi connectivity index (χ0) is 12.4. The van der Waals surface area contributed by atoms with Crippen molar-refractivity contribution in [2.24, 2.45) is 11.7 Å². The number of H-pyrrole nitrogens is 2. The van der Waals surface area contributed by atoms with Gasteiger partial charge >= 0.3 is 5.69 Å². The lowest BCUT2D eigenvalue weighted by Gasteiger charge is -2.28. The van der Waals surface area contributed by atoms with Crippen molar-refractivity contribution in [1.29, 1.82) is 0 Å². The topological polar surface area (TPSA) is 95.0 Å². The first kappa shape index (κ1) is 11.9. The Kier molecular flexibility index (Phi) is 3.33. The Morgan fingerprint density at radius 1 is 1.59 bits per heavy atom. The number of nitrogens with zero attached hydrogens (tertiary/aromatic N) is 1. The lowest BCUT2D eigenvalue weighted by Crippen LogP contribution is -2.41. The van der Waals surface area contributed by atoms with E-state index in [-0.39, 0.29) is 17.6 Å². The number of nitrogens with one attached hydrogen (secondary N) is 2. The fourth-order valence-electron chi connectivity index (χ4n) is 2.59. The molecule has 2 rings (SSSR count). The Balaban J connectivity index is 2.11. The minimum Gasteiger partial charge on any atom is -0.337 e. The van der Waals surface area contributed by atoms with E-state index in [1.54, 1.807) is 11.9 Å². The number of rotatable bonds is 3. The van der Waals surface area contributed by atoms with Crippen molar-refractivity contribution in [1.82, 2.24) is 14.9 Å². The van der Waals surface area contributed by atoms with Crippen LogP contribution < -0.4 is 11.4 Å². The first-order valence-corrected chi connectivity index (χ1v) is 5.88. The molecule has 2 atom stereocenters. The number of hydrogen-bond donors (Lipinski definition) is 3. The van der Waals surface area contributed by atoms with Gasteiger partial charge in [0.25, 0.3) is 5.91 Å². The molecule has 1 aromatic heterocycles. The quantitative estimate of drug-likeness (QED) is 0.686. The van der Waals surface area contributed by atoms with E-state index in [2.05, 4.69) is 9.97 Å². The number of carbonyl (C=O) groups excluding carboxylic acids is 1. The van der Waals surface area contributed by atoms with Gasteiger partial charge in [-0.2, -0.15) is 0 Å². The number of hydrogen-bond acceptors (Lipinski definition) is 3. The second-order valence-corrected chi connectivity index (χ2v) is 4.57. The molecule has 2 unspecified atom stereocenters. The molecule has 4 N–H and O–H groups in total. The molecular weight excluding hydrogens is 220 g/mol. The van der Waals surface area contributed by atoms with Crippen molar-refractivity contribution in [3.8, 4) is 0 Å². The van der Waals surface area contributed by atoms with Crippen molar-refractivity contribution in [3.63, 3.8) is 0 Å². The maximum atomic E-state index is 12.1. The standard InChI is InChI=1S/C11H18N4O2/c1-15(9-4-2-3-7(9)5-12)10(16)8-6-13-11(17)14-8/h6-7,9H,2-5,12H2,1H3,(H2,13,14,17). The van der Waals surface area contributed by atoms with Crippen LogP contribution in [-0.4, -0.2) is 40.4 Å². The van der Waals surface area contributed by atoms with Crippen LogP contribution in [0.4, 0.5) is 0 Å². The van der Waals surface area contributed by atoms with E-state index in [1.165, 1.54) is 6.20 Å². The third-order valence-electron chi connectivity index (χ3n) is 3.57. The van der Waals surface area contributed by atoms with E-state index in [0.717, 1.165) is 19.3 Å². The average Bonchev–Trinajstić information content (AvgIpc) is 2.95. The molecule has 6 nitrogen and oxygen atoms in total. The van der Waals surface area contributed by atoms with Crippen molar-refractivity contribution < 1.29 is 4.79 Å². The molecule has 0 aromatic carbocycles.